The van der Waals surface area contributed by atoms with Crippen molar-refractivity contribution < 1.29 is 27.9 Å². The van der Waals surface area contributed by atoms with Crippen molar-refractivity contribution in [1.82, 2.24) is 4.90 Å². The number of rotatable bonds is 5. The number of benzene rings is 1. The van der Waals surface area contributed by atoms with Crippen molar-refractivity contribution in [3.63, 3.8) is 0 Å². The fourth-order valence-electron chi connectivity index (χ4n) is 2.04. The number of nitrogens with zero attached hydrogens (tertiary/aromatic N) is 1. The molecule has 1 fully saturated rings. The summed E-state index contributed by atoms with van der Waals surface area (Å²) in [6.07, 6.45) is -2.95. The van der Waals surface area contributed by atoms with Gasteiger partial charge in [-0.3, -0.25) is 14.5 Å². The minimum atomic E-state index is -4.46. The second kappa shape index (κ2) is 7.35. The van der Waals surface area contributed by atoms with Crippen molar-refractivity contribution in [3.05, 3.63) is 40.3 Å². The van der Waals surface area contributed by atoms with Gasteiger partial charge in [-0.15, -0.1) is 0 Å². The normalized spacial score (nSPS) is 17.0. The fraction of sp³-hybridized carbons (Fsp3) is 0.267. The molecule has 1 N–H and O–H groups in total. The highest BCUT2D eigenvalue weighted by atomic mass is 32.2. The molecule has 4 nitrogen and oxygen atoms in total. The zero-order chi connectivity index (χ0) is 17.9. The number of halogens is 3. The van der Waals surface area contributed by atoms with Crippen LogP contribution in [0.15, 0.2) is 29.2 Å². The van der Waals surface area contributed by atoms with Crippen LogP contribution >= 0.6 is 24.0 Å². The van der Waals surface area contributed by atoms with E-state index in [-0.39, 0.29) is 34.2 Å². The fourth-order valence-corrected chi connectivity index (χ4v) is 3.35. The van der Waals surface area contributed by atoms with Crippen molar-refractivity contribution in [1.29, 1.82) is 0 Å². The zero-order valence-corrected chi connectivity index (χ0v) is 13.8. The van der Waals surface area contributed by atoms with E-state index in [2.05, 4.69) is 0 Å². The molecule has 1 heterocycles. The average Bonchev–Trinajstić information content (AvgIpc) is 2.74. The van der Waals surface area contributed by atoms with Crippen LogP contribution in [0.4, 0.5) is 13.2 Å². The van der Waals surface area contributed by atoms with E-state index in [1.165, 1.54) is 23.1 Å². The van der Waals surface area contributed by atoms with Crippen LogP contribution in [0.3, 0.4) is 0 Å². The van der Waals surface area contributed by atoms with Gasteiger partial charge in [0.05, 0.1) is 10.5 Å². The minimum absolute atomic E-state index is 0.0935. The Balaban J connectivity index is 2.15. The van der Waals surface area contributed by atoms with Crippen LogP contribution in [0.2, 0.25) is 0 Å². The third-order valence-corrected chi connectivity index (χ3v) is 4.54. The lowest BCUT2D eigenvalue weighted by atomic mass is 10.1. The number of amides is 1. The Morgan fingerprint density at radius 3 is 2.71 bits per heavy atom. The van der Waals surface area contributed by atoms with Gasteiger partial charge in [0.2, 0.25) is 0 Å². The molecule has 0 unspecified atom stereocenters. The first-order chi connectivity index (χ1) is 11.2. The second-order valence-corrected chi connectivity index (χ2v) is 6.63. The number of carboxylic acid groups (broad SMARTS) is 1. The summed E-state index contributed by atoms with van der Waals surface area (Å²) in [5.41, 5.74) is -0.552. The Morgan fingerprint density at radius 2 is 2.08 bits per heavy atom. The van der Waals surface area contributed by atoms with Crippen LogP contribution in [0, 0.1) is 0 Å². The molecule has 0 radical (unpaired) electrons. The monoisotopic (exact) mass is 375 g/mol. The molecule has 9 heteroatoms. The van der Waals surface area contributed by atoms with Crippen LogP contribution in [-0.4, -0.2) is 32.7 Å². The molecule has 2 rings (SSSR count). The second-order valence-electron chi connectivity index (χ2n) is 4.95. The molecule has 1 amide bonds. The van der Waals surface area contributed by atoms with E-state index >= 15 is 0 Å². The van der Waals surface area contributed by atoms with E-state index in [9.17, 15) is 22.8 Å². The van der Waals surface area contributed by atoms with Gasteiger partial charge in [-0.1, -0.05) is 36.1 Å². The first-order valence-electron chi connectivity index (χ1n) is 6.83. The van der Waals surface area contributed by atoms with Gasteiger partial charge in [0, 0.05) is 13.0 Å². The van der Waals surface area contributed by atoms with Gasteiger partial charge in [0.25, 0.3) is 5.91 Å². The number of hydrogen-bond acceptors (Lipinski definition) is 4. The number of thioether (sulfide) groups is 1. The Kier molecular flexibility index (Phi) is 5.66. The number of carbonyl (C=O) groups is 2. The zero-order valence-electron chi connectivity index (χ0n) is 12.2. The highest BCUT2D eigenvalue weighted by molar-refractivity contribution is 8.26. The molecule has 0 aliphatic carbocycles. The van der Waals surface area contributed by atoms with E-state index in [1.54, 1.807) is 0 Å². The molecular formula is C15H12F3NO3S2. The maximum absolute atomic E-state index is 12.7. The number of aliphatic carboxylic acids is 1. The molecule has 1 aliphatic rings. The summed E-state index contributed by atoms with van der Waals surface area (Å²) in [7, 11) is 0. The molecule has 0 spiro atoms. The standard InChI is InChI=1S/C15H12F3NO3S2/c16-15(17,18)10-4-1-3-9(7-10)8-11-13(22)19(14(23)24-11)6-2-5-12(20)21/h1,3-4,7-8H,2,5-6H2,(H,20,21)/b11-8+. The molecule has 1 saturated heterocycles. The summed E-state index contributed by atoms with van der Waals surface area (Å²) in [6.45, 7) is 0.164. The molecule has 0 atom stereocenters. The van der Waals surface area contributed by atoms with Crippen LogP contribution in [0.5, 0.6) is 0 Å². The number of hydrogen-bond donors (Lipinski definition) is 1. The van der Waals surface area contributed by atoms with Crippen LogP contribution in [0.1, 0.15) is 24.0 Å². The van der Waals surface area contributed by atoms with E-state index in [1.807, 2.05) is 0 Å². The van der Waals surface area contributed by atoms with E-state index in [0.29, 0.717) is 0 Å². The predicted molar refractivity (Wildman–Crippen MR) is 88.2 cm³/mol. The Bertz CT molecular complexity index is 716. The van der Waals surface area contributed by atoms with E-state index in [0.717, 1.165) is 23.9 Å². The van der Waals surface area contributed by atoms with Gasteiger partial charge in [-0.05, 0) is 30.2 Å². The van der Waals surface area contributed by atoms with Gasteiger partial charge in [-0.2, -0.15) is 13.2 Å². The predicted octanol–water partition coefficient (Wildman–Crippen LogP) is 3.77. The van der Waals surface area contributed by atoms with E-state index in [4.69, 9.17) is 17.3 Å². The Hall–Kier alpha value is -1.87. The van der Waals surface area contributed by atoms with Gasteiger partial charge < -0.3 is 5.11 Å². The van der Waals surface area contributed by atoms with Crippen LogP contribution < -0.4 is 0 Å². The third-order valence-electron chi connectivity index (χ3n) is 3.16. The highest BCUT2D eigenvalue weighted by Crippen LogP contribution is 2.34. The average molecular weight is 375 g/mol. The van der Waals surface area contributed by atoms with Gasteiger partial charge in [-0.25, -0.2) is 0 Å². The molecule has 0 aromatic heterocycles. The van der Waals surface area contributed by atoms with Crippen molar-refractivity contribution >= 4 is 46.3 Å². The lowest BCUT2D eigenvalue weighted by molar-refractivity contribution is -0.138. The highest BCUT2D eigenvalue weighted by Gasteiger charge is 2.33. The van der Waals surface area contributed by atoms with Crippen LogP contribution in [0.25, 0.3) is 6.08 Å². The minimum Gasteiger partial charge on any atom is -0.481 e. The molecule has 1 aromatic carbocycles. The molecular weight excluding hydrogens is 363 g/mol. The number of alkyl halides is 3. The first-order valence-corrected chi connectivity index (χ1v) is 8.05. The third kappa shape index (κ3) is 4.57. The van der Waals surface area contributed by atoms with Crippen molar-refractivity contribution in [2.24, 2.45) is 0 Å². The lowest BCUT2D eigenvalue weighted by Crippen LogP contribution is -2.29. The maximum atomic E-state index is 12.7. The summed E-state index contributed by atoms with van der Waals surface area (Å²) in [5.74, 6) is -1.40. The molecule has 0 bridgehead atoms. The largest absolute Gasteiger partial charge is 0.481 e. The SMILES string of the molecule is O=C(O)CCCN1C(=O)/C(=C\c2cccc(C(F)(F)F)c2)SC1=S. The summed E-state index contributed by atoms with van der Waals surface area (Å²) in [4.78, 5) is 24.3. The molecule has 0 saturated carbocycles. The van der Waals surface area contributed by atoms with Crippen LogP contribution in [-0.2, 0) is 15.8 Å². The quantitative estimate of drug-likeness (QED) is 0.627. The van der Waals surface area contributed by atoms with Crippen molar-refractivity contribution in [3.8, 4) is 0 Å². The smallest absolute Gasteiger partial charge is 0.416 e. The lowest BCUT2D eigenvalue weighted by Gasteiger charge is -2.13. The Labute approximate surface area is 145 Å². The number of thiocarbonyl (C=S) groups is 1. The molecule has 128 valence electrons. The van der Waals surface area contributed by atoms with Gasteiger partial charge in [0.1, 0.15) is 4.32 Å². The number of carbonyl (C=O) groups excluding carboxylic acids is 1. The number of carboxylic acids is 1. The molecule has 1 aliphatic heterocycles. The van der Waals surface area contributed by atoms with Crippen molar-refractivity contribution in [2.75, 3.05) is 6.54 Å². The van der Waals surface area contributed by atoms with Gasteiger partial charge in [0.15, 0.2) is 0 Å². The Morgan fingerprint density at radius 1 is 1.38 bits per heavy atom. The van der Waals surface area contributed by atoms with E-state index < -0.39 is 23.6 Å². The molecule has 24 heavy (non-hydrogen) atoms. The topological polar surface area (TPSA) is 57.6 Å². The summed E-state index contributed by atoms with van der Waals surface area (Å²) in [5, 5.41) is 8.61. The molecule has 1 aromatic rings. The summed E-state index contributed by atoms with van der Waals surface area (Å²) >= 11 is 6.06. The summed E-state index contributed by atoms with van der Waals surface area (Å²) in [6, 6.07) is 4.64. The summed E-state index contributed by atoms with van der Waals surface area (Å²) < 4.78 is 38.4. The van der Waals surface area contributed by atoms with Gasteiger partial charge >= 0.3 is 12.1 Å². The maximum Gasteiger partial charge on any atom is 0.416 e. The van der Waals surface area contributed by atoms with Crippen molar-refractivity contribution in [2.45, 2.75) is 19.0 Å². The first kappa shape index (κ1) is 18.5.